The van der Waals surface area contributed by atoms with Crippen LogP contribution in [0.4, 0.5) is 10.1 Å². The largest absolute Gasteiger partial charge is 0.482 e. The zero-order chi connectivity index (χ0) is 14.7. The Morgan fingerprint density at radius 1 is 1.10 bits per heavy atom. The first-order chi connectivity index (χ1) is 10.2. The van der Waals surface area contributed by atoms with Crippen LogP contribution in [-0.4, -0.2) is 10.1 Å². The lowest BCUT2D eigenvalue weighted by Crippen LogP contribution is -1.98. The van der Waals surface area contributed by atoms with Crippen LogP contribution in [0.5, 0.6) is 5.75 Å². The van der Waals surface area contributed by atoms with Crippen molar-refractivity contribution in [3.8, 4) is 17.1 Å². The van der Waals surface area contributed by atoms with Gasteiger partial charge in [0, 0.05) is 0 Å². The molecule has 3 aromatic rings. The number of ether oxygens (including phenoxy) is 1. The van der Waals surface area contributed by atoms with Crippen molar-refractivity contribution in [3.05, 3.63) is 60.2 Å². The number of rotatable bonds is 4. The zero-order valence-corrected chi connectivity index (χ0v) is 11.0. The van der Waals surface area contributed by atoms with E-state index in [4.69, 9.17) is 15.0 Å². The Labute approximate surface area is 120 Å². The Morgan fingerprint density at radius 2 is 1.86 bits per heavy atom. The molecule has 0 saturated carbocycles. The normalized spacial score (nSPS) is 10.5. The Morgan fingerprint density at radius 3 is 2.67 bits per heavy atom. The molecule has 106 valence electrons. The summed E-state index contributed by atoms with van der Waals surface area (Å²) in [7, 11) is 0. The summed E-state index contributed by atoms with van der Waals surface area (Å²) in [5.74, 6) is 0.561. The summed E-state index contributed by atoms with van der Waals surface area (Å²) in [5.41, 5.74) is 6.56. The molecule has 0 radical (unpaired) electrons. The van der Waals surface area contributed by atoms with Crippen LogP contribution in [0.2, 0.25) is 0 Å². The molecule has 0 bridgehead atoms. The maximum atomic E-state index is 13.6. The third-order valence-electron chi connectivity index (χ3n) is 2.85. The lowest BCUT2D eigenvalue weighted by atomic mass is 10.2. The maximum Gasteiger partial charge on any atom is 0.264 e. The summed E-state index contributed by atoms with van der Waals surface area (Å²) in [4.78, 5) is 4.10. The molecule has 2 aromatic carbocycles. The molecule has 0 saturated heterocycles. The minimum absolute atomic E-state index is 0.0651. The van der Waals surface area contributed by atoms with Crippen molar-refractivity contribution < 1.29 is 13.7 Å². The minimum atomic E-state index is -0.405. The highest BCUT2D eigenvalue weighted by Crippen LogP contribution is 2.22. The van der Waals surface area contributed by atoms with Gasteiger partial charge in [0.2, 0.25) is 5.82 Å². The van der Waals surface area contributed by atoms with Gasteiger partial charge in [-0.25, -0.2) is 4.39 Å². The molecule has 0 spiro atoms. The van der Waals surface area contributed by atoms with Crippen LogP contribution in [0.3, 0.4) is 0 Å². The van der Waals surface area contributed by atoms with Crippen LogP contribution >= 0.6 is 0 Å². The average molecular weight is 285 g/mol. The summed E-state index contributed by atoms with van der Waals surface area (Å²) in [6, 6.07) is 13.3. The summed E-state index contributed by atoms with van der Waals surface area (Å²) >= 11 is 0. The number of nitrogens with zero attached hydrogens (tertiary/aromatic N) is 2. The van der Waals surface area contributed by atoms with Crippen LogP contribution in [-0.2, 0) is 6.61 Å². The fourth-order valence-electron chi connectivity index (χ4n) is 1.82. The van der Waals surface area contributed by atoms with Gasteiger partial charge in [0.15, 0.2) is 6.61 Å². The summed E-state index contributed by atoms with van der Waals surface area (Å²) in [6.07, 6.45) is 0. The first kappa shape index (κ1) is 13.1. The SMILES string of the molecule is Nc1ccccc1OCc1nc(-c2ccccc2F)no1. The number of anilines is 1. The standard InChI is InChI=1S/C15H12FN3O2/c16-11-6-2-1-5-10(11)15-18-14(21-19-15)9-20-13-8-4-3-7-12(13)17/h1-8H,9,17H2. The van der Waals surface area contributed by atoms with E-state index in [-0.39, 0.29) is 23.9 Å². The second-order valence-corrected chi connectivity index (χ2v) is 4.32. The number of halogens is 1. The van der Waals surface area contributed by atoms with Gasteiger partial charge < -0.3 is 15.0 Å². The molecule has 0 aliphatic rings. The highest BCUT2D eigenvalue weighted by atomic mass is 19.1. The van der Waals surface area contributed by atoms with Gasteiger partial charge in [0.1, 0.15) is 11.6 Å². The maximum absolute atomic E-state index is 13.6. The molecule has 5 nitrogen and oxygen atoms in total. The molecule has 0 amide bonds. The minimum Gasteiger partial charge on any atom is -0.482 e. The van der Waals surface area contributed by atoms with E-state index in [1.54, 1.807) is 30.3 Å². The van der Waals surface area contributed by atoms with Crippen LogP contribution in [0.25, 0.3) is 11.4 Å². The molecule has 1 heterocycles. The fourth-order valence-corrected chi connectivity index (χ4v) is 1.82. The summed E-state index contributed by atoms with van der Waals surface area (Å²) in [6.45, 7) is 0.0651. The molecule has 0 aliphatic carbocycles. The van der Waals surface area contributed by atoms with E-state index in [2.05, 4.69) is 10.1 Å². The summed E-state index contributed by atoms with van der Waals surface area (Å²) < 4.78 is 24.1. The molecule has 21 heavy (non-hydrogen) atoms. The smallest absolute Gasteiger partial charge is 0.264 e. The van der Waals surface area contributed by atoms with Gasteiger partial charge in [-0.3, -0.25) is 0 Å². The third kappa shape index (κ3) is 2.84. The molecule has 0 aliphatic heterocycles. The van der Waals surface area contributed by atoms with E-state index in [1.807, 2.05) is 12.1 Å². The molecule has 1 aromatic heterocycles. The Hall–Kier alpha value is -2.89. The highest BCUT2D eigenvalue weighted by Gasteiger charge is 2.12. The molecule has 0 unspecified atom stereocenters. The van der Waals surface area contributed by atoms with Gasteiger partial charge in [-0.05, 0) is 24.3 Å². The number of nitrogen functional groups attached to an aromatic ring is 1. The summed E-state index contributed by atoms with van der Waals surface area (Å²) in [5, 5.41) is 3.74. The van der Waals surface area contributed by atoms with Crippen LogP contribution in [0.15, 0.2) is 53.1 Å². The highest BCUT2D eigenvalue weighted by molar-refractivity contribution is 5.55. The van der Waals surface area contributed by atoms with Crippen molar-refractivity contribution >= 4 is 5.69 Å². The molecule has 6 heteroatoms. The third-order valence-corrected chi connectivity index (χ3v) is 2.85. The van der Waals surface area contributed by atoms with E-state index in [0.717, 1.165) is 0 Å². The molecule has 3 rings (SSSR count). The Balaban J connectivity index is 1.74. The molecule has 2 N–H and O–H groups in total. The quantitative estimate of drug-likeness (QED) is 0.746. The van der Waals surface area contributed by atoms with Crippen LogP contribution in [0, 0.1) is 5.82 Å². The van der Waals surface area contributed by atoms with Crippen LogP contribution < -0.4 is 10.5 Å². The second kappa shape index (κ2) is 5.62. The first-order valence-corrected chi connectivity index (χ1v) is 6.29. The predicted octanol–water partition coefficient (Wildman–Crippen LogP) is 3.04. The van der Waals surface area contributed by atoms with Gasteiger partial charge in [-0.1, -0.05) is 29.4 Å². The Kier molecular flexibility index (Phi) is 3.51. The van der Waals surface area contributed by atoms with E-state index in [0.29, 0.717) is 11.4 Å². The van der Waals surface area contributed by atoms with Crippen molar-refractivity contribution in [3.63, 3.8) is 0 Å². The molecular formula is C15H12FN3O2. The van der Waals surface area contributed by atoms with Crippen LogP contribution in [0.1, 0.15) is 5.89 Å². The number of nitrogens with two attached hydrogens (primary N) is 1. The van der Waals surface area contributed by atoms with Gasteiger partial charge in [0.05, 0.1) is 11.3 Å². The van der Waals surface area contributed by atoms with Gasteiger partial charge >= 0.3 is 0 Å². The average Bonchev–Trinajstić information content (AvgIpc) is 2.96. The molecule has 0 atom stereocenters. The van der Waals surface area contributed by atoms with E-state index < -0.39 is 5.82 Å². The van der Waals surface area contributed by atoms with Gasteiger partial charge in [0.25, 0.3) is 5.89 Å². The molecular weight excluding hydrogens is 273 g/mol. The Bertz CT molecular complexity index is 758. The van der Waals surface area contributed by atoms with E-state index in [1.165, 1.54) is 6.07 Å². The number of benzene rings is 2. The molecule has 0 fully saturated rings. The van der Waals surface area contributed by atoms with Crippen molar-refractivity contribution in [1.82, 2.24) is 10.1 Å². The van der Waals surface area contributed by atoms with Gasteiger partial charge in [-0.15, -0.1) is 0 Å². The second-order valence-electron chi connectivity index (χ2n) is 4.32. The van der Waals surface area contributed by atoms with Gasteiger partial charge in [-0.2, -0.15) is 4.98 Å². The van der Waals surface area contributed by atoms with Crippen molar-refractivity contribution in [2.24, 2.45) is 0 Å². The lowest BCUT2D eigenvalue weighted by molar-refractivity contribution is 0.244. The van der Waals surface area contributed by atoms with E-state index >= 15 is 0 Å². The topological polar surface area (TPSA) is 74.2 Å². The fraction of sp³-hybridized carbons (Fsp3) is 0.0667. The number of hydrogen-bond donors (Lipinski definition) is 1. The van der Waals surface area contributed by atoms with Crippen molar-refractivity contribution in [2.45, 2.75) is 6.61 Å². The predicted molar refractivity (Wildman–Crippen MR) is 74.9 cm³/mol. The number of hydrogen-bond acceptors (Lipinski definition) is 5. The number of para-hydroxylation sites is 2. The monoisotopic (exact) mass is 285 g/mol. The van der Waals surface area contributed by atoms with Crippen molar-refractivity contribution in [2.75, 3.05) is 5.73 Å². The zero-order valence-electron chi connectivity index (χ0n) is 11.0. The number of aromatic nitrogens is 2. The lowest BCUT2D eigenvalue weighted by Gasteiger charge is -2.05. The first-order valence-electron chi connectivity index (χ1n) is 6.29. The van der Waals surface area contributed by atoms with E-state index in [9.17, 15) is 4.39 Å². The van der Waals surface area contributed by atoms with Crippen molar-refractivity contribution in [1.29, 1.82) is 0 Å².